The minimum absolute atomic E-state index is 0.283. The van der Waals surface area contributed by atoms with Gasteiger partial charge >= 0.3 is 5.97 Å². The number of carboxylic acid groups (broad SMARTS) is 1. The summed E-state index contributed by atoms with van der Waals surface area (Å²) in [5.41, 5.74) is -0.805. The van der Waals surface area contributed by atoms with Crippen molar-refractivity contribution in [3.05, 3.63) is 0 Å². The van der Waals surface area contributed by atoms with Gasteiger partial charge in [0.15, 0.2) is 0 Å². The lowest BCUT2D eigenvalue weighted by Gasteiger charge is -2.41. The topological polar surface area (TPSA) is 49.8 Å². The van der Waals surface area contributed by atoms with Gasteiger partial charge in [0.25, 0.3) is 0 Å². The summed E-state index contributed by atoms with van der Waals surface area (Å²) in [6.07, 6.45) is 4.49. The molecule has 1 aliphatic rings. The average molecular weight is 229 g/mol. The van der Waals surface area contributed by atoms with E-state index < -0.39 is 11.5 Å². The summed E-state index contributed by atoms with van der Waals surface area (Å²) in [5.74, 6) is -0.769. The fourth-order valence-corrected chi connectivity index (χ4v) is 2.29. The molecule has 94 valence electrons. The van der Waals surface area contributed by atoms with Crippen LogP contribution in [0.4, 0.5) is 0 Å². The molecule has 0 aromatic carbocycles. The Morgan fingerprint density at radius 1 is 1.44 bits per heavy atom. The molecule has 0 aromatic rings. The van der Waals surface area contributed by atoms with Crippen LogP contribution in [-0.2, 0) is 9.53 Å². The van der Waals surface area contributed by atoms with Gasteiger partial charge in [0.1, 0.15) is 5.54 Å². The molecule has 1 saturated carbocycles. The van der Waals surface area contributed by atoms with Crippen molar-refractivity contribution in [3.63, 3.8) is 0 Å². The molecule has 1 rings (SSSR count). The summed E-state index contributed by atoms with van der Waals surface area (Å²) < 4.78 is 5.37. The minimum Gasteiger partial charge on any atom is -0.480 e. The molecule has 2 atom stereocenters. The molecular formula is C12H23NO3. The first-order valence-electron chi connectivity index (χ1n) is 5.88. The van der Waals surface area contributed by atoms with Gasteiger partial charge in [-0.15, -0.1) is 0 Å². The first kappa shape index (κ1) is 13.5. The van der Waals surface area contributed by atoms with E-state index in [1.54, 1.807) is 21.0 Å². The number of carbonyl (C=O) groups is 1. The number of nitrogens with zero attached hydrogens (tertiary/aromatic N) is 1. The highest BCUT2D eigenvalue weighted by atomic mass is 16.5. The summed E-state index contributed by atoms with van der Waals surface area (Å²) in [6, 6.07) is 0.310. The normalized spacial score (nSPS) is 27.1. The lowest BCUT2D eigenvalue weighted by molar-refractivity contribution is -0.151. The Hall–Kier alpha value is -0.610. The fourth-order valence-electron chi connectivity index (χ4n) is 2.29. The van der Waals surface area contributed by atoms with Crippen molar-refractivity contribution in [1.82, 2.24) is 4.90 Å². The predicted molar refractivity (Wildman–Crippen MR) is 62.5 cm³/mol. The molecule has 1 aliphatic carbocycles. The van der Waals surface area contributed by atoms with Gasteiger partial charge in [0.2, 0.25) is 0 Å². The lowest BCUT2D eigenvalue weighted by Crippen LogP contribution is -2.54. The second-order valence-corrected chi connectivity index (χ2v) is 5.15. The number of rotatable bonds is 4. The van der Waals surface area contributed by atoms with Gasteiger partial charge in [-0.3, -0.25) is 9.69 Å². The van der Waals surface area contributed by atoms with E-state index in [0.29, 0.717) is 6.04 Å². The number of carboxylic acids is 1. The van der Waals surface area contributed by atoms with Crippen LogP contribution < -0.4 is 0 Å². The third kappa shape index (κ3) is 2.74. The van der Waals surface area contributed by atoms with Crippen LogP contribution in [0, 0.1) is 0 Å². The van der Waals surface area contributed by atoms with Crippen LogP contribution in [0.1, 0.15) is 39.5 Å². The van der Waals surface area contributed by atoms with Crippen LogP contribution in [-0.4, -0.2) is 47.8 Å². The van der Waals surface area contributed by atoms with E-state index in [1.165, 1.54) is 0 Å². The third-order valence-corrected chi connectivity index (χ3v) is 3.88. The van der Waals surface area contributed by atoms with Gasteiger partial charge in [0, 0.05) is 13.2 Å². The highest BCUT2D eigenvalue weighted by Crippen LogP contribution is 2.28. The molecule has 2 unspecified atom stereocenters. The summed E-state index contributed by atoms with van der Waals surface area (Å²) in [6.45, 7) is 3.51. The van der Waals surface area contributed by atoms with E-state index in [4.69, 9.17) is 4.74 Å². The van der Waals surface area contributed by atoms with E-state index in [1.807, 2.05) is 11.9 Å². The molecule has 4 nitrogen and oxygen atoms in total. The molecule has 1 N–H and O–H groups in total. The van der Waals surface area contributed by atoms with Crippen LogP contribution in [0.25, 0.3) is 0 Å². The van der Waals surface area contributed by atoms with Crippen molar-refractivity contribution in [1.29, 1.82) is 0 Å². The number of methoxy groups -OCH3 is 1. The van der Waals surface area contributed by atoms with Crippen molar-refractivity contribution < 1.29 is 14.6 Å². The average Bonchev–Trinajstić information content (AvgIpc) is 2.27. The van der Waals surface area contributed by atoms with Gasteiger partial charge in [-0.1, -0.05) is 0 Å². The molecule has 1 fully saturated rings. The van der Waals surface area contributed by atoms with Crippen molar-refractivity contribution >= 4 is 5.97 Å². The molecule has 0 aliphatic heterocycles. The van der Waals surface area contributed by atoms with E-state index in [0.717, 1.165) is 25.7 Å². The molecule has 0 bridgehead atoms. The molecule has 16 heavy (non-hydrogen) atoms. The van der Waals surface area contributed by atoms with E-state index in [-0.39, 0.29) is 6.10 Å². The van der Waals surface area contributed by atoms with E-state index in [2.05, 4.69) is 0 Å². The number of aliphatic carboxylic acids is 1. The monoisotopic (exact) mass is 229 g/mol. The summed E-state index contributed by atoms with van der Waals surface area (Å²) in [5, 5.41) is 9.19. The second kappa shape index (κ2) is 5.15. The van der Waals surface area contributed by atoms with E-state index >= 15 is 0 Å². The zero-order valence-corrected chi connectivity index (χ0v) is 10.7. The maximum Gasteiger partial charge on any atom is 0.323 e. The number of ether oxygens (including phenoxy) is 1. The molecule has 0 amide bonds. The fraction of sp³-hybridized carbons (Fsp3) is 0.917. The van der Waals surface area contributed by atoms with Crippen LogP contribution >= 0.6 is 0 Å². The second-order valence-electron chi connectivity index (χ2n) is 5.15. The number of hydrogen-bond donors (Lipinski definition) is 1. The smallest absolute Gasteiger partial charge is 0.323 e. The van der Waals surface area contributed by atoms with Crippen molar-refractivity contribution in [2.75, 3.05) is 14.2 Å². The Bertz CT molecular complexity index is 253. The molecule has 0 aromatic heterocycles. The third-order valence-electron chi connectivity index (χ3n) is 3.88. The first-order valence-corrected chi connectivity index (χ1v) is 5.88. The molecule has 0 spiro atoms. The highest BCUT2D eigenvalue weighted by molar-refractivity contribution is 5.77. The highest BCUT2D eigenvalue weighted by Gasteiger charge is 2.37. The van der Waals surface area contributed by atoms with Gasteiger partial charge < -0.3 is 9.84 Å². The van der Waals surface area contributed by atoms with Crippen molar-refractivity contribution in [2.24, 2.45) is 0 Å². The molecule has 0 saturated heterocycles. The Morgan fingerprint density at radius 2 is 2.06 bits per heavy atom. The molecular weight excluding hydrogens is 206 g/mol. The minimum atomic E-state index is -0.805. The maximum atomic E-state index is 11.2. The molecule has 0 radical (unpaired) electrons. The maximum absolute atomic E-state index is 11.2. The van der Waals surface area contributed by atoms with Crippen LogP contribution in [0.3, 0.4) is 0 Å². The molecule has 0 heterocycles. The summed E-state index contributed by atoms with van der Waals surface area (Å²) in [4.78, 5) is 13.2. The van der Waals surface area contributed by atoms with Gasteiger partial charge in [-0.25, -0.2) is 0 Å². The Balaban J connectivity index is 2.66. The van der Waals surface area contributed by atoms with Gasteiger partial charge in [0.05, 0.1) is 6.10 Å². The summed E-state index contributed by atoms with van der Waals surface area (Å²) in [7, 11) is 3.63. The summed E-state index contributed by atoms with van der Waals surface area (Å²) >= 11 is 0. The Kier molecular flexibility index (Phi) is 4.33. The number of hydrogen-bond acceptors (Lipinski definition) is 3. The van der Waals surface area contributed by atoms with E-state index in [9.17, 15) is 9.90 Å². The van der Waals surface area contributed by atoms with Crippen LogP contribution in [0.15, 0.2) is 0 Å². The van der Waals surface area contributed by atoms with Crippen molar-refractivity contribution in [3.8, 4) is 0 Å². The quantitative estimate of drug-likeness (QED) is 0.797. The van der Waals surface area contributed by atoms with Crippen molar-refractivity contribution in [2.45, 2.75) is 57.2 Å². The van der Waals surface area contributed by atoms with Crippen LogP contribution in [0.5, 0.6) is 0 Å². The predicted octanol–water partition coefficient (Wildman–Crippen LogP) is 1.74. The first-order chi connectivity index (χ1) is 7.39. The SMILES string of the molecule is COC1CCCC(N(C)C(C)(C)C(=O)O)C1. The standard InChI is InChI=1S/C12H23NO3/c1-12(2,11(14)15)13(3)9-6-5-7-10(8-9)16-4/h9-10H,5-8H2,1-4H3,(H,14,15). The largest absolute Gasteiger partial charge is 0.480 e. The zero-order valence-electron chi connectivity index (χ0n) is 10.7. The molecule has 4 heteroatoms. The lowest BCUT2D eigenvalue weighted by atomic mass is 9.89. The van der Waals surface area contributed by atoms with Crippen LogP contribution in [0.2, 0.25) is 0 Å². The Morgan fingerprint density at radius 3 is 2.56 bits per heavy atom. The Labute approximate surface area is 97.6 Å². The number of likely N-dealkylation sites (N-methyl/N-ethyl adjacent to an activating group) is 1. The van der Waals surface area contributed by atoms with Gasteiger partial charge in [-0.05, 0) is 46.6 Å². The zero-order chi connectivity index (χ0) is 12.3. The van der Waals surface area contributed by atoms with Gasteiger partial charge in [-0.2, -0.15) is 0 Å².